The number of carbonyl (C=O) groups is 3. The fraction of sp³-hybridized carbons (Fsp3) is 0.375. The Hall–Kier alpha value is -4.64. The van der Waals surface area contributed by atoms with Crippen LogP contribution in [0, 0.1) is 27.7 Å². The van der Waals surface area contributed by atoms with Crippen LogP contribution in [0.15, 0.2) is 53.6 Å². The molecule has 0 saturated heterocycles. The van der Waals surface area contributed by atoms with Crippen LogP contribution in [0.3, 0.4) is 0 Å². The number of carbonyl (C=O) groups excluding carboxylic acids is 3. The van der Waals surface area contributed by atoms with E-state index in [1.54, 1.807) is 39.1 Å². The number of benzene rings is 2. The summed E-state index contributed by atoms with van der Waals surface area (Å²) >= 11 is 0. The largest absolute Gasteiger partial charge is 0.508 e. The third kappa shape index (κ3) is 8.92. The summed E-state index contributed by atoms with van der Waals surface area (Å²) in [7, 11) is 0. The predicted octanol–water partition coefficient (Wildman–Crippen LogP) is 3.48. The van der Waals surface area contributed by atoms with Crippen LogP contribution in [0.4, 0.5) is 4.79 Å². The summed E-state index contributed by atoms with van der Waals surface area (Å²) in [5, 5.41) is 28.5. The van der Waals surface area contributed by atoms with Gasteiger partial charge in [0.05, 0.1) is 18.5 Å². The van der Waals surface area contributed by atoms with Crippen LogP contribution >= 0.6 is 0 Å². The quantitative estimate of drug-likeness (QED) is 0.180. The molecule has 1 aromatic heterocycles. The molecule has 0 spiro atoms. The molecule has 3 amide bonds. The first-order chi connectivity index (χ1) is 20.2. The second-order valence-electron chi connectivity index (χ2n) is 11.4. The van der Waals surface area contributed by atoms with Gasteiger partial charge in [-0.3, -0.25) is 9.59 Å². The van der Waals surface area contributed by atoms with E-state index < -0.39 is 42.2 Å². The number of hydrogen-bond acceptors (Lipinski definition) is 7. The van der Waals surface area contributed by atoms with Crippen LogP contribution < -0.4 is 16.1 Å². The summed E-state index contributed by atoms with van der Waals surface area (Å²) in [6.07, 6.45) is 0.716. The number of hydrazone groups is 1. The molecule has 11 heteroatoms. The van der Waals surface area contributed by atoms with Gasteiger partial charge in [-0.15, -0.1) is 0 Å². The number of rotatable bonds is 10. The molecule has 0 aliphatic carbocycles. The standard InChI is InChI=1S/C32H41N5O6/c1-19-9-8-10-20(2)28(19)37-21(3)15-24(22(37)4)17-33-36-30(41)26(16-23-11-13-25(39)14-12-23)34-29(40)27(18-38)35-31(42)43-32(5,6)7/h8-15,17,26-27,38-39H,16,18H2,1-7H3,(H,34,40)(H,35,42)(H,36,41)/b33-17-/t26-,27-/m0/s1. The van der Waals surface area contributed by atoms with Gasteiger partial charge in [0.25, 0.3) is 5.91 Å². The Morgan fingerprint density at radius 3 is 2.16 bits per heavy atom. The highest BCUT2D eigenvalue weighted by molar-refractivity contribution is 5.92. The van der Waals surface area contributed by atoms with E-state index in [-0.39, 0.29) is 12.2 Å². The van der Waals surface area contributed by atoms with E-state index >= 15 is 0 Å². The van der Waals surface area contributed by atoms with Gasteiger partial charge in [0.15, 0.2) is 0 Å². The number of aliphatic hydroxyl groups excluding tert-OH is 1. The van der Waals surface area contributed by atoms with Crippen LogP contribution in [0.25, 0.3) is 5.69 Å². The molecular formula is C32H41N5O6. The number of ether oxygens (including phenoxy) is 1. The van der Waals surface area contributed by atoms with Crippen LogP contribution in [0.5, 0.6) is 5.75 Å². The molecule has 43 heavy (non-hydrogen) atoms. The predicted molar refractivity (Wildman–Crippen MR) is 164 cm³/mol. The first kappa shape index (κ1) is 32.9. The topological polar surface area (TPSA) is 154 Å². The maximum absolute atomic E-state index is 13.3. The highest BCUT2D eigenvalue weighted by atomic mass is 16.6. The smallest absolute Gasteiger partial charge is 0.408 e. The van der Waals surface area contributed by atoms with Crippen LogP contribution in [-0.4, -0.2) is 63.2 Å². The van der Waals surface area contributed by atoms with E-state index in [2.05, 4.69) is 51.7 Å². The van der Waals surface area contributed by atoms with E-state index in [0.717, 1.165) is 33.8 Å². The Bertz CT molecular complexity index is 1470. The van der Waals surface area contributed by atoms with Gasteiger partial charge in [0.2, 0.25) is 5.91 Å². The normalized spacial score (nSPS) is 12.9. The molecule has 3 aromatic rings. The molecular weight excluding hydrogens is 550 g/mol. The third-order valence-corrected chi connectivity index (χ3v) is 6.71. The Morgan fingerprint density at radius 1 is 0.953 bits per heavy atom. The van der Waals surface area contributed by atoms with Crippen LogP contribution in [0.2, 0.25) is 0 Å². The maximum atomic E-state index is 13.3. The van der Waals surface area contributed by atoms with Crippen molar-refractivity contribution in [3.63, 3.8) is 0 Å². The number of para-hydroxylation sites is 1. The van der Waals surface area contributed by atoms with Crippen molar-refractivity contribution in [2.75, 3.05) is 6.61 Å². The number of hydrogen-bond donors (Lipinski definition) is 5. The molecule has 2 aromatic carbocycles. The minimum atomic E-state index is -1.36. The molecule has 0 fully saturated rings. The lowest BCUT2D eigenvalue weighted by molar-refractivity contribution is -0.130. The highest BCUT2D eigenvalue weighted by Gasteiger charge is 2.28. The minimum Gasteiger partial charge on any atom is -0.508 e. The number of phenols is 1. The number of aromatic hydroxyl groups is 1. The van der Waals surface area contributed by atoms with Crippen LogP contribution in [-0.2, 0) is 20.7 Å². The van der Waals surface area contributed by atoms with Gasteiger partial charge in [-0.2, -0.15) is 5.10 Å². The van der Waals surface area contributed by atoms with Gasteiger partial charge in [-0.25, -0.2) is 10.2 Å². The van der Waals surface area contributed by atoms with Gasteiger partial charge >= 0.3 is 6.09 Å². The molecule has 0 aliphatic heterocycles. The lowest BCUT2D eigenvalue weighted by atomic mass is 10.0. The van der Waals surface area contributed by atoms with E-state index in [0.29, 0.717) is 5.56 Å². The Kier molecular flexibility index (Phi) is 10.7. The Morgan fingerprint density at radius 2 is 1.58 bits per heavy atom. The second-order valence-corrected chi connectivity index (χ2v) is 11.4. The number of phenolic OH excluding ortho intramolecular Hbond substituents is 1. The molecule has 1 heterocycles. The molecule has 11 nitrogen and oxygen atoms in total. The van der Waals surface area contributed by atoms with Crippen LogP contribution in [0.1, 0.15) is 54.4 Å². The van der Waals surface area contributed by atoms with E-state index in [4.69, 9.17) is 4.74 Å². The fourth-order valence-electron chi connectivity index (χ4n) is 4.66. The fourth-order valence-corrected chi connectivity index (χ4v) is 4.66. The molecule has 2 atom stereocenters. The van der Waals surface area contributed by atoms with Crippen molar-refractivity contribution in [2.24, 2.45) is 5.10 Å². The van der Waals surface area contributed by atoms with Crippen molar-refractivity contribution in [2.45, 2.75) is 72.6 Å². The molecule has 5 N–H and O–H groups in total. The van der Waals surface area contributed by atoms with Crippen molar-refractivity contribution >= 4 is 24.1 Å². The molecule has 0 saturated carbocycles. The summed E-state index contributed by atoms with van der Waals surface area (Å²) in [5.74, 6) is -1.35. The number of aliphatic hydroxyl groups is 1. The van der Waals surface area contributed by atoms with Crippen molar-refractivity contribution in [1.82, 2.24) is 20.6 Å². The Balaban J connectivity index is 1.79. The summed E-state index contributed by atoms with van der Waals surface area (Å²) in [4.78, 5) is 38.4. The van der Waals surface area contributed by atoms with Crippen molar-refractivity contribution in [3.8, 4) is 11.4 Å². The minimum absolute atomic E-state index is 0.0544. The van der Waals surface area contributed by atoms with Gasteiger partial charge in [0, 0.05) is 23.4 Å². The molecule has 230 valence electrons. The monoisotopic (exact) mass is 591 g/mol. The molecule has 0 aliphatic rings. The average Bonchev–Trinajstić information content (AvgIpc) is 3.19. The third-order valence-electron chi connectivity index (χ3n) is 6.71. The number of alkyl carbamates (subject to hydrolysis) is 1. The first-order valence-corrected chi connectivity index (χ1v) is 14.0. The second kappa shape index (κ2) is 14.0. The summed E-state index contributed by atoms with van der Waals surface area (Å²) in [6.45, 7) is 12.4. The molecule has 0 unspecified atom stereocenters. The summed E-state index contributed by atoms with van der Waals surface area (Å²) in [5.41, 5.74) is 8.46. The highest BCUT2D eigenvalue weighted by Crippen LogP contribution is 2.25. The maximum Gasteiger partial charge on any atom is 0.408 e. The average molecular weight is 592 g/mol. The zero-order valence-corrected chi connectivity index (χ0v) is 25.7. The number of nitrogens with one attached hydrogen (secondary N) is 3. The SMILES string of the molecule is Cc1cccc(C)c1-n1c(C)cc(/C=N\NC(=O)[C@H](Cc2ccc(O)cc2)NC(=O)[C@H](CO)NC(=O)OC(C)(C)C)c1C. The van der Waals surface area contributed by atoms with Gasteiger partial charge < -0.3 is 30.2 Å². The number of aromatic nitrogens is 1. The van der Waals surface area contributed by atoms with Gasteiger partial charge in [0.1, 0.15) is 23.4 Å². The van der Waals surface area contributed by atoms with Gasteiger partial charge in [-0.1, -0.05) is 30.3 Å². The number of nitrogens with zero attached hydrogens (tertiary/aromatic N) is 2. The lowest BCUT2D eigenvalue weighted by Gasteiger charge is -2.24. The van der Waals surface area contributed by atoms with E-state index in [1.165, 1.54) is 12.1 Å². The van der Waals surface area contributed by atoms with Gasteiger partial charge in [-0.05, 0) is 83.4 Å². The summed E-state index contributed by atoms with van der Waals surface area (Å²) < 4.78 is 7.32. The van der Waals surface area contributed by atoms with E-state index in [1.807, 2.05) is 26.0 Å². The first-order valence-electron chi connectivity index (χ1n) is 14.0. The van der Waals surface area contributed by atoms with Crippen molar-refractivity contribution < 1.29 is 29.3 Å². The van der Waals surface area contributed by atoms with Crippen molar-refractivity contribution in [1.29, 1.82) is 0 Å². The molecule has 0 radical (unpaired) electrons. The molecule has 0 bridgehead atoms. The molecule has 3 rings (SSSR count). The number of aryl methyl sites for hydroxylation is 3. The lowest BCUT2D eigenvalue weighted by Crippen LogP contribution is -2.55. The Labute approximate surface area is 252 Å². The van der Waals surface area contributed by atoms with Crippen molar-refractivity contribution in [3.05, 3.63) is 82.2 Å². The summed E-state index contributed by atoms with van der Waals surface area (Å²) in [6, 6.07) is 11.8. The zero-order chi connectivity index (χ0) is 31.9. The zero-order valence-electron chi connectivity index (χ0n) is 25.7. The van der Waals surface area contributed by atoms with E-state index in [9.17, 15) is 24.6 Å². The number of amides is 3.